The van der Waals surface area contributed by atoms with Crippen molar-refractivity contribution < 1.29 is 14.6 Å². The number of carbonyl (C=O) groups excluding carboxylic acids is 1. The molecule has 0 spiro atoms. The Morgan fingerprint density at radius 3 is 2.34 bits per heavy atom. The second-order valence-corrected chi connectivity index (χ2v) is 9.13. The van der Waals surface area contributed by atoms with Crippen LogP contribution < -0.4 is 15.4 Å². The van der Waals surface area contributed by atoms with Gasteiger partial charge in [-0.3, -0.25) is 10.1 Å². The number of halogens is 1. The average Bonchev–Trinajstić information content (AvgIpc) is 2.75. The molecule has 0 atom stereocenters. The van der Waals surface area contributed by atoms with E-state index < -0.39 is 0 Å². The summed E-state index contributed by atoms with van der Waals surface area (Å²) in [5.41, 5.74) is 2.56. The molecule has 0 fully saturated rings. The summed E-state index contributed by atoms with van der Waals surface area (Å²) in [6.45, 7) is 6.55. The highest BCUT2D eigenvalue weighted by Gasteiger charge is 2.19. The number of hydrogen-bond donors (Lipinski definition) is 3. The van der Waals surface area contributed by atoms with Crippen LogP contribution in [0.1, 0.15) is 42.3 Å². The van der Waals surface area contributed by atoms with Gasteiger partial charge in [-0.05, 0) is 65.2 Å². The number of rotatable bonds is 5. The van der Waals surface area contributed by atoms with Crippen molar-refractivity contribution in [1.82, 2.24) is 5.32 Å². The van der Waals surface area contributed by atoms with Crippen molar-refractivity contribution in [3.05, 3.63) is 88.4 Å². The predicted octanol–water partition coefficient (Wildman–Crippen LogP) is 6.05. The molecule has 3 aromatic carbocycles. The maximum Gasteiger partial charge on any atom is 0.257 e. The first-order valence-electron chi connectivity index (χ1n) is 10.1. The van der Waals surface area contributed by atoms with Crippen LogP contribution in [0.2, 0.25) is 5.02 Å². The van der Waals surface area contributed by atoms with Crippen molar-refractivity contribution >= 4 is 40.5 Å². The molecule has 7 heteroatoms. The summed E-state index contributed by atoms with van der Waals surface area (Å²) in [4.78, 5) is 12.5. The Hall–Kier alpha value is -3.09. The van der Waals surface area contributed by atoms with Crippen LogP contribution in [0.25, 0.3) is 0 Å². The SMILES string of the molecule is CC(C)(C)c1cc(Cl)c(O)c(NC(=S)NC(=O)c2ccc(OCc3ccccc3)cc2)c1. The summed E-state index contributed by atoms with van der Waals surface area (Å²) in [6.07, 6.45) is 0. The Morgan fingerprint density at radius 2 is 1.72 bits per heavy atom. The molecule has 5 nitrogen and oxygen atoms in total. The maximum absolute atomic E-state index is 12.5. The number of thiocarbonyl (C=S) groups is 1. The third-order valence-electron chi connectivity index (χ3n) is 4.77. The van der Waals surface area contributed by atoms with Crippen molar-refractivity contribution in [2.24, 2.45) is 0 Å². The summed E-state index contributed by atoms with van der Waals surface area (Å²) < 4.78 is 5.74. The quantitative estimate of drug-likeness (QED) is 0.314. The molecule has 0 aliphatic carbocycles. The number of anilines is 1. The zero-order chi connectivity index (χ0) is 23.3. The summed E-state index contributed by atoms with van der Waals surface area (Å²) in [7, 11) is 0. The van der Waals surface area contributed by atoms with E-state index in [0.29, 0.717) is 23.6 Å². The molecule has 1 amide bonds. The molecule has 0 bridgehead atoms. The van der Waals surface area contributed by atoms with Gasteiger partial charge in [0.1, 0.15) is 12.4 Å². The molecule has 0 unspecified atom stereocenters. The van der Waals surface area contributed by atoms with E-state index in [-0.39, 0.29) is 27.2 Å². The Bertz CT molecular complexity index is 1110. The van der Waals surface area contributed by atoms with Gasteiger partial charge >= 0.3 is 0 Å². The lowest BCUT2D eigenvalue weighted by Crippen LogP contribution is -2.34. The fourth-order valence-electron chi connectivity index (χ4n) is 2.90. The van der Waals surface area contributed by atoms with E-state index in [1.807, 2.05) is 51.1 Å². The van der Waals surface area contributed by atoms with Gasteiger partial charge in [-0.25, -0.2) is 0 Å². The highest BCUT2D eigenvalue weighted by molar-refractivity contribution is 7.80. The number of carbonyl (C=O) groups is 1. The van der Waals surface area contributed by atoms with Crippen molar-refractivity contribution in [1.29, 1.82) is 0 Å². The number of nitrogens with one attached hydrogen (secondary N) is 2. The fourth-order valence-corrected chi connectivity index (χ4v) is 3.32. The van der Waals surface area contributed by atoms with Gasteiger partial charge in [0, 0.05) is 5.56 Å². The zero-order valence-electron chi connectivity index (χ0n) is 18.1. The van der Waals surface area contributed by atoms with E-state index in [0.717, 1.165) is 11.1 Å². The monoisotopic (exact) mass is 468 g/mol. The van der Waals surface area contributed by atoms with Crippen LogP contribution in [0.4, 0.5) is 5.69 Å². The molecule has 0 saturated carbocycles. The first-order chi connectivity index (χ1) is 15.1. The molecule has 0 aliphatic heterocycles. The minimum absolute atomic E-state index is 0.0526. The Morgan fingerprint density at radius 1 is 1.06 bits per heavy atom. The minimum Gasteiger partial charge on any atom is -0.504 e. The smallest absolute Gasteiger partial charge is 0.257 e. The summed E-state index contributed by atoms with van der Waals surface area (Å²) in [6, 6.07) is 20.1. The van der Waals surface area contributed by atoms with Gasteiger partial charge in [-0.1, -0.05) is 62.7 Å². The number of aromatic hydroxyl groups is 1. The summed E-state index contributed by atoms with van der Waals surface area (Å²) in [5, 5.41) is 16.0. The highest BCUT2D eigenvalue weighted by Crippen LogP contribution is 2.37. The molecule has 3 aromatic rings. The number of benzene rings is 3. The van der Waals surface area contributed by atoms with Gasteiger partial charge in [0.2, 0.25) is 0 Å². The lowest BCUT2D eigenvalue weighted by molar-refractivity contribution is 0.0977. The van der Waals surface area contributed by atoms with Crippen molar-refractivity contribution in [2.45, 2.75) is 32.8 Å². The van der Waals surface area contributed by atoms with E-state index in [4.69, 9.17) is 28.6 Å². The van der Waals surface area contributed by atoms with Crippen LogP contribution in [0, 0.1) is 0 Å². The van der Waals surface area contributed by atoms with E-state index in [9.17, 15) is 9.90 Å². The second kappa shape index (κ2) is 10.0. The summed E-state index contributed by atoms with van der Waals surface area (Å²) in [5.74, 6) is 0.149. The van der Waals surface area contributed by atoms with Gasteiger partial charge in [0.05, 0.1) is 10.7 Å². The molecule has 32 heavy (non-hydrogen) atoms. The third-order valence-corrected chi connectivity index (χ3v) is 5.26. The molecule has 0 saturated heterocycles. The third kappa shape index (κ3) is 6.22. The zero-order valence-corrected chi connectivity index (χ0v) is 19.7. The molecule has 0 radical (unpaired) electrons. The minimum atomic E-state index is -0.380. The molecule has 0 aromatic heterocycles. The standard InChI is InChI=1S/C25H25ClN2O3S/c1-25(2,3)18-13-20(26)22(29)21(14-18)27-24(32)28-23(30)17-9-11-19(12-10-17)31-15-16-7-5-4-6-8-16/h4-14,29H,15H2,1-3H3,(H2,27,28,30,32). The normalized spacial score (nSPS) is 11.0. The Kier molecular flexibility index (Phi) is 7.38. The molecule has 0 aliphatic rings. The van der Waals surface area contributed by atoms with Gasteiger partial charge in [-0.15, -0.1) is 0 Å². The predicted molar refractivity (Wildman–Crippen MR) is 133 cm³/mol. The van der Waals surface area contributed by atoms with Crippen molar-refractivity contribution in [3.63, 3.8) is 0 Å². The highest BCUT2D eigenvalue weighted by atomic mass is 35.5. The van der Waals surface area contributed by atoms with Crippen molar-refractivity contribution in [2.75, 3.05) is 5.32 Å². The first kappa shape index (κ1) is 23.6. The molecule has 166 valence electrons. The van der Waals surface area contributed by atoms with Gasteiger partial charge < -0.3 is 15.2 Å². The van der Waals surface area contributed by atoms with E-state index in [2.05, 4.69) is 10.6 Å². The largest absolute Gasteiger partial charge is 0.504 e. The topological polar surface area (TPSA) is 70.6 Å². The van der Waals surface area contributed by atoms with Crippen LogP contribution >= 0.6 is 23.8 Å². The Balaban J connectivity index is 1.61. The van der Waals surface area contributed by atoms with Gasteiger partial charge in [0.25, 0.3) is 5.91 Å². The van der Waals surface area contributed by atoms with Gasteiger partial charge in [0.15, 0.2) is 10.9 Å². The van der Waals surface area contributed by atoms with E-state index in [1.54, 1.807) is 36.4 Å². The fraction of sp³-hybridized carbons (Fsp3) is 0.200. The van der Waals surface area contributed by atoms with E-state index in [1.165, 1.54) is 0 Å². The van der Waals surface area contributed by atoms with Crippen molar-refractivity contribution in [3.8, 4) is 11.5 Å². The molecular weight excluding hydrogens is 444 g/mol. The van der Waals surface area contributed by atoms with Crippen LogP contribution in [0.5, 0.6) is 11.5 Å². The Labute approximate surface area is 198 Å². The molecule has 0 heterocycles. The summed E-state index contributed by atoms with van der Waals surface area (Å²) >= 11 is 11.4. The van der Waals surface area contributed by atoms with E-state index >= 15 is 0 Å². The molecular formula is C25H25ClN2O3S. The average molecular weight is 469 g/mol. The lowest BCUT2D eigenvalue weighted by Gasteiger charge is -2.21. The number of phenolic OH excluding ortho intramolecular Hbond substituents is 1. The molecule has 3 rings (SSSR count). The molecule has 3 N–H and O–H groups in total. The number of phenols is 1. The lowest BCUT2D eigenvalue weighted by atomic mass is 9.87. The number of hydrogen-bond acceptors (Lipinski definition) is 4. The second-order valence-electron chi connectivity index (χ2n) is 8.31. The number of amides is 1. The number of ether oxygens (including phenoxy) is 1. The van der Waals surface area contributed by atoms with Gasteiger partial charge in [-0.2, -0.15) is 0 Å². The van der Waals surface area contributed by atoms with Crippen LogP contribution in [-0.2, 0) is 12.0 Å². The van der Waals surface area contributed by atoms with Crippen LogP contribution in [0.3, 0.4) is 0 Å². The maximum atomic E-state index is 12.5. The van der Waals surface area contributed by atoms with Crippen LogP contribution in [0.15, 0.2) is 66.7 Å². The first-order valence-corrected chi connectivity index (χ1v) is 10.8. The van der Waals surface area contributed by atoms with Crippen LogP contribution in [-0.4, -0.2) is 16.1 Å².